The van der Waals surface area contributed by atoms with Gasteiger partial charge in [0.05, 0.1) is 5.75 Å². The lowest BCUT2D eigenvalue weighted by Gasteiger charge is -2.28. The third-order valence-corrected chi connectivity index (χ3v) is 3.59. The van der Waals surface area contributed by atoms with Gasteiger partial charge in [-0.3, -0.25) is 4.55 Å². The third-order valence-electron chi connectivity index (χ3n) is 2.79. The normalized spacial score (nSPS) is 13.0. The molecule has 0 heterocycles. The highest BCUT2D eigenvalue weighted by Crippen LogP contribution is 2.11. The van der Waals surface area contributed by atoms with Gasteiger partial charge in [-0.2, -0.15) is 8.42 Å². The van der Waals surface area contributed by atoms with Crippen molar-refractivity contribution in [3.63, 3.8) is 0 Å². The lowest BCUT2D eigenvalue weighted by atomic mass is 10.1. The van der Waals surface area contributed by atoms with E-state index in [0.717, 1.165) is 5.56 Å². The Bertz CT molecular complexity index is 470. The van der Waals surface area contributed by atoms with E-state index < -0.39 is 10.1 Å². The van der Waals surface area contributed by atoms with Crippen molar-refractivity contribution in [3.05, 3.63) is 48.7 Å². The second-order valence-corrected chi connectivity index (χ2v) is 5.60. The SMILES string of the molecule is C=CN(CC)C(Cc1ccccc1)CS(=O)(=O)O. The summed E-state index contributed by atoms with van der Waals surface area (Å²) in [6.07, 6.45) is 2.17. The number of hydrogen-bond donors (Lipinski definition) is 1. The highest BCUT2D eigenvalue weighted by atomic mass is 32.2. The topological polar surface area (TPSA) is 57.6 Å². The van der Waals surface area contributed by atoms with E-state index in [9.17, 15) is 8.42 Å². The number of rotatable bonds is 7. The quantitative estimate of drug-likeness (QED) is 0.769. The fourth-order valence-electron chi connectivity index (χ4n) is 1.94. The van der Waals surface area contributed by atoms with Gasteiger partial charge in [0.1, 0.15) is 0 Å². The zero-order valence-electron chi connectivity index (χ0n) is 10.5. The molecule has 1 atom stereocenters. The van der Waals surface area contributed by atoms with Crippen molar-refractivity contribution in [2.24, 2.45) is 0 Å². The number of nitrogens with zero attached hydrogens (tertiary/aromatic N) is 1. The molecule has 5 heteroatoms. The average molecular weight is 269 g/mol. The zero-order valence-corrected chi connectivity index (χ0v) is 11.3. The fourth-order valence-corrected chi connectivity index (χ4v) is 2.73. The first-order valence-corrected chi connectivity index (χ1v) is 7.44. The lowest BCUT2D eigenvalue weighted by Crippen LogP contribution is -2.38. The van der Waals surface area contributed by atoms with Gasteiger partial charge in [-0.25, -0.2) is 0 Å². The molecule has 1 unspecified atom stereocenters. The van der Waals surface area contributed by atoms with Crippen molar-refractivity contribution in [2.75, 3.05) is 12.3 Å². The van der Waals surface area contributed by atoms with E-state index in [0.29, 0.717) is 13.0 Å². The Morgan fingerprint density at radius 3 is 2.44 bits per heavy atom. The predicted molar refractivity (Wildman–Crippen MR) is 72.9 cm³/mol. The number of benzene rings is 1. The van der Waals surface area contributed by atoms with E-state index in [-0.39, 0.29) is 11.8 Å². The molecule has 4 nitrogen and oxygen atoms in total. The molecule has 0 aromatic heterocycles. The van der Waals surface area contributed by atoms with Crippen molar-refractivity contribution in [2.45, 2.75) is 19.4 Å². The Morgan fingerprint density at radius 2 is 2.00 bits per heavy atom. The molecule has 1 rings (SSSR count). The first-order valence-electron chi connectivity index (χ1n) is 5.83. The average Bonchev–Trinajstić information content (AvgIpc) is 2.29. The summed E-state index contributed by atoms with van der Waals surface area (Å²) in [7, 11) is -4.00. The second kappa shape index (κ2) is 6.56. The van der Waals surface area contributed by atoms with Crippen LogP contribution < -0.4 is 0 Å². The van der Waals surface area contributed by atoms with Gasteiger partial charge in [0.15, 0.2) is 0 Å². The van der Waals surface area contributed by atoms with Crippen molar-refractivity contribution in [1.82, 2.24) is 4.90 Å². The van der Waals surface area contributed by atoms with Gasteiger partial charge in [0.25, 0.3) is 10.1 Å². The molecule has 1 aromatic rings. The highest BCUT2D eigenvalue weighted by Gasteiger charge is 2.21. The Hall–Kier alpha value is -1.33. The van der Waals surface area contributed by atoms with Crippen LogP contribution in [0.15, 0.2) is 43.1 Å². The van der Waals surface area contributed by atoms with Crippen LogP contribution in [0, 0.1) is 0 Å². The molecule has 0 saturated heterocycles. The largest absolute Gasteiger partial charge is 0.374 e. The molecule has 0 aliphatic heterocycles. The molecule has 1 N–H and O–H groups in total. The van der Waals surface area contributed by atoms with Crippen molar-refractivity contribution in [3.8, 4) is 0 Å². The first kappa shape index (κ1) is 14.7. The summed E-state index contributed by atoms with van der Waals surface area (Å²) < 4.78 is 31.1. The van der Waals surface area contributed by atoms with E-state index >= 15 is 0 Å². The molecule has 0 fully saturated rings. The van der Waals surface area contributed by atoms with Gasteiger partial charge >= 0.3 is 0 Å². The summed E-state index contributed by atoms with van der Waals surface area (Å²) in [6, 6.07) is 9.30. The summed E-state index contributed by atoms with van der Waals surface area (Å²) in [5.74, 6) is -0.290. The molecule has 0 bridgehead atoms. The van der Waals surface area contributed by atoms with Crippen molar-refractivity contribution < 1.29 is 13.0 Å². The summed E-state index contributed by atoms with van der Waals surface area (Å²) in [5.41, 5.74) is 1.03. The smallest absolute Gasteiger partial charge is 0.266 e. The molecular formula is C13H19NO3S. The van der Waals surface area contributed by atoms with Crippen LogP contribution in [0.4, 0.5) is 0 Å². The number of hydrogen-bond acceptors (Lipinski definition) is 3. The summed E-state index contributed by atoms with van der Waals surface area (Å²) in [4.78, 5) is 1.82. The minimum Gasteiger partial charge on any atom is -0.374 e. The molecule has 0 amide bonds. The van der Waals surface area contributed by atoms with Crippen molar-refractivity contribution >= 4 is 10.1 Å². The molecule has 0 saturated carbocycles. The molecule has 0 aliphatic carbocycles. The Kier molecular flexibility index (Phi) is 5.37. The Balaban J connectivity index is 2.87. The fraction of sp³-hybridized carbons (Fsp3) is 0.385. The van der Waals surface area contributed by atoms with Gasteiger partial charge < -0.3 is 4.90 Å². The lowest BCUT2D eigenvalue weighted by molar-refractivity contribution is 0.303. The van der Waals surface area contributed by atoms with Crippen LogP contribution in [0.1, 0.15) is 12.5 Å². The molecule has 1 aromatic carbocycles. The van der Waals surface area contributed by atoms with E-state index in [1.165, 1.54) is 0 Å². The summed E-state index contributed by atoms with van der Waals surface area (Å²) in [5, 5.41) is 0. The minimum absolute atomic E-state index is 0.290. The predicted octanol–water partition coefficient (Wildman–Crippen LogP) is 1.95. The maximum absolute atomic E-state index is 11.1. The molecular weight excluding hydrogens is 250 g/mol. The standard InChI is InChI=1S/C13H19NO3S/c1-3-14(4-2)13(11-18(15,16)17)10-12-8-6-5-7-9-12/h3,5-9,13H,1,4,10-11H2,2H3,(H,15,16,17). The Morgan fingerprint density at radius 1 is 1.39 bits per heavy atom. The van der Waals surface area contributed by atoms with E-state index in [1.54, 1.807) is 6.20 Å². The zero-order chi connectivity index (χ0) is 13.6. The highest BCUT2D eigenvalue weighted by molar-refractivity contribution is 7.85. The summed E-state index contributed by atoms with van der Waals surface area (Å²) in [6.45, 7) is 6.24. The van der Waals surface area contributed by atoms with Gasteiger partial charge in [0.2, 0.25) is 0 Å². The van der Waals surface area contributed by atoms with Gasteiger partial charge in [-0.1, -0.05) is 36.9 Å². The van der Waals surface area contributed by atoms with E-state index in [4.69, 9.17) is 4.55 Å². The van der Waals surface area contributed by atoms with Gasteiger partial charge in [0, 0.05) is 12.6 Å². The van der Waals surface area contributed by atoms with Crippen molar-refractivity contribution in [1.29, 1.82) is 0 Å². The van der Waals surface area contributed by atoms with Gasteiger partial charge in [-0.05, 0) is 25.1 Å². The first-order chi connectivity index (χ1) is 8.46. The molecule has 18 heavy (non-hydrogen) atoms. The van der Waals surface area contributed by atoms with Crippen LogP contribution in [-0.4, -0.2) is 36.2 Å². The van der Waals surface area contributed by atoms with E-state index in [1.807, 2.05) is 42.2 Å². The molecule has 100 valence electrons. The maximum atomic E-state index is 11.1. The van der Waals surface area contributed by atoms with Gasteiger partial charge in [-0.15, -0.1) is 0 Å². The van der Waals surface area contributed by atoms with Crippen LogP contribution in [0.25, 0.3) is 0 Å². The second-order valence-electron chi connectivity index (χ2n) is 4.11. The van der Waals surface area contributed by atoms with Crippen LogP contribution >= 0.6 is 0 Å². The molecule has 0 radical (unpaired) electrons. The maximum Gasteiger partial charge on any atom is 0.266 e. The summed E-state index contributed by atoms with van der Waals surface area (Å²) >= 11 is 0. The monoisotopic (exact) mass is 269 g/mol. The molecule has 0 aliphatic rings. The molecule has 0 spiro atoms. The van der Waals surface area contributed by atoms with Crippen LogP contribution in [-0.2, 0) is 16.5 Å². The van der Waals surface area contributed by atoms with E-state index in [2.05, 4.69) is 6.58 Å². The third kappa shape index (κ3) is 4.89. The van der Waals surface area contributed by atoms with Crippen LogP contribution in [0.3, 0.4) is 0 Å². The van der Waals surface area contributed by atoms with Crippen LogP contribution in [0.2, 0.25) is 0 Å². The van der Waals surface area contributed by atoms with Crippen LogP contribution in [0.5, 0.6) is 0 Å². The number of likely N-dealkylation sites (N-methyl/N-ethyl adjacent to an activating group) is 1. The minimum atomic E-state index is -4.00. The Labute approximate surface area is 109 Å².